The third-order valence-electron chi connectivity index (χ3n) is 3.03. The van der Waals surface area contributed by atoms with Crippen molar-refractivity contribution in [2.45, 2.75) is 13.1 Å². The molecule has 0 atom stereocenters. The predicted molar refractivity (Wildman–Crippen MR) is 76.2 cm³/mol. The van der Waals surface area contributed by atoms with Gasteiger partial charge in [-0.15, -0.1) is 5.10 Å². The van der Waals surface area contributed by atoms with Crippen LogP contribution in [0.3, 0.4) is 0 Å². The first kappa shape index (κ1) is 12.9. The summed E-state index contributed by atoms with van der Waals surface area (Å²) in [4.78, 5) is 0. The van der Waals surface area contributed by atoms with E-state index < -0.39 is 0 Å². The first-order valence-electron chi connectivity index (χ1n) is 6.19. The van der Waals surface area contributed by atoms with Gasteiger partial charge in [-0.1, -0.05) is 35.0 Å². The minimum Gasteiger partial charge on any atom is -0.463 e. The molecule has 0 saturated carbocycles. The first-order valence-corrected chi connectivity index (χ1v) is 6.57. The second kappa shape index (κ2) is 5.48. The Bertz CT molecular complexity index is 706. The number of aromatic nitrogens is 3. The van der Waals surface area contributed by atoms with Gasteiger partial charge in [-0.25, -0.2) is 4.68 Å². The van der Waals surface area contributed by atoms with Crippen molar-refractivity contribution in [2.75, 3.05) is 0 Å². The van der Waals surface area contributed by atoms with Crippen LogP contribution in [0.25, 0.3) is 11.5 Å². The van der Waals surface area contributed by atoms with Gasteiger partial charge in [0.1, 0.15) is 11.4 Å². The average Bonchev–Trinajstić information content (AvgIpc) is 3.09. The molecule has 0 radical (unpaired) electrons. The Labute approximate surface area is 121 Å². The van der Waals surface area contributed by atoms with E-state index in [1.54, 1.807) is 10.9 Å². The molecule has 0 aliphatic carbocycles. The maximum absolute atomic E-state index is 6.18. The van der Waals surface area contributed by atoms with E-state index in [1.165, 1.54) is 0 Å². The molecule has 0 aliphatic heterocycles. The molecule has 2 N–H and O–H groups in total. The molecule has 0 fully saturated rings. The van der Waals surface area contributed by atoms with Crippen molar-refractivity contribution in [3.05, 3.63) is 58.9 Å². The van der Waals surface area contributed by atoms with Crippen molar-refractivity contribution in [2.24, 2.45) is 5.73 Å². The molecule has 2 aromatic heterocycles. The molecule has 2 heterocycles. The minimum atomic E-state index is 0.304. The Morgan fingerprint density at radius 2 is 2.05 bits per heavy atom. The summed E-state index contributed by atoms with van der Waals surface area (Å²) in [5.41, 5.74) is 8.17. The van der Waals surface area contributed by atoms with Crippen LogP contribution in [0.2, 0.25) is 5.02 Å². The van der Waals surface area contributed by atoms with Gasteiger partial charge >= 0.3 is 0 Å². The van der Waals surface area contributed by atoms with E-state index in [9.17, 15) is 0 Å². The summed E-state index contributed by atoms with van der Waals surface area (Å²) < 4.78 is 7.19. The lowest BCUT2D eigenvalue weighted by atomic mass is 10.2. The molecule has 0 amide bonds. The van der Waals surface area contributed by atoms with Crippen LogP contribution in [-0.2, 0) is 13.1 Å². The lowest BCUT2D eigenvalue weighted by molar-refractivity contribution is 0.566. The maximum Gasteiger partial charge on any atom is 0.153 e. The summed E-state index contributed by atoms with van der Waals surface area (Å²) in [6.45, 7) is 0.821. The number of hydrogen-bond acceptors (Lipinski definition) is 4. The molecule has 5 nitrogen and oxygen atoms in total. The predicted octanol–water partition coefficient (Wildman–Crippen LogP) is 2.70. The molecule has 0 saturated heterocycles. The van der Waals surface area contributed by atoms with Crippen LogP contribution in [-0.4, -0.2) is 15.0 Å². The van der Waals surface area contributed by atoms with Gasteiger partial charge in [0.2, 0.25) is 0 Å². The molecule has 3 rings (SSSR count). The van der Waals surface area contributed by atoms with Crippen molar-refractivity contribution in [1.29, 1.82) is 0 Å². The van der Waals surface area contributed by atoms with Gasteiger partial charge < -0.3 is 10.2 Å². The van der Waals surface area contributed by atoms with E-state index >= 15 is 0 Å². The topological polar surface area (TPSA) is 69.9 Å². The summed E-state index contributed by atoms with van der Waals surface area (Å²) in [7, 11) is 0. The number of nitrogens with zero attached hydrogens (tertiary/aromatic N) is 3. The van der Waals surface area contributed by atoms with Gasteiger partial charge in [0.15, 0.2) is 5.76 Å². The molecule has 0 aliphatic rings. The fraction of sp³-hybridized carbons (Fsp3) is 0.143. The fourth-order valence-electron chi connectivity index (χ4n) is 2.07. The quantitative estimate of drug-likeness (QED) is 0.801. The Hall–Kier alpha value is -2.11. The van der Waals surface area contributed by atoms with Crippen molar-refractivity contribution in [3.63, 3.8) is 0 Å². The van der Waals surface area contributed by atoms with Gasteiger partial charge in [0, 0.05) is 11.6 Å². The molecule has 20 heavy (non-hydrogen) atoms. The molecular weight excluding hydrogens is 276 g/mol. The number of rotatable bonds is 4. The molecule has 1 aromatic carbocycles. The van der Waals surface area contributed by atoms with E-state index in [-0.39, 0.29) is 0 Å². The normalized spacial score (nSPS) is 10.9. The summed E-state index contributed by atoms with van der Waals surface area (Å²) in [6.07, 6.45) is 1.61. The van der Waals surface area contributed by atoms with E-state index in [0.29, 0.717) is 29.6 Å². The summed E-state index contributed by atoms with van der Waals surface area (Å²) in [6, 6.07) is 11.3. The van der Waals surface area contributed by atoms with Crippen LogP contribution in [0.15, 0.2) is 47.1 Å². The van der Waals surface area contributed by atoms with Crippen molar-refractivity contribution in [3.8, 4) is 11.5 Å². The SMILES string of the molecule is NCc1nnn(Cc2ccccc2Cl)c1-c1ccco1. The summed E-state index contributed by atoms with van der Waals surface area (Å²) in [5.74, 6) is 0.697. The second-order valence-corrected chi connectivity index (χ2v) is 4.72. The zero-order chi connectivity index (χ0) is 13.9. The molecule has 0 bridgehead atoms. The van der Waals surface area contributed by atoms with Gasteiger partial charge in [0.05, 0.1) is 12.8 Å². The van der Waals surface area contributed by atoms with Crippen LogP contribution < -0.4 is 5.73 Å². The third kappa shape index (κ3) is 2.33. The smallest absolute Gasteiger partial charge is 0.153 e. The van der Waals surface area contributed by atoms with Gasteiger partial charge in [-0.2, -0.15) is 0 Å². The van der Waals surface area contributed by atoms with E-state index in [0.717, 1.165) is 11.3 Å². The average molecular weight is 289 g/mol. The number of benzene rings is 1. The van der Waals surface area contributed by atoms with Crippen molar-refractivity contribution >= 4 is 11.6 Å². The zero-order valence-corrected chi connectivity index (χ0v) is 11.4. The summed E-state index contributed by atoms with van der Waals surface area (Å²) >= 11 is 6.18. The highest BCUT2D eigenvalue weighted by Crippen LogP contribution is 2.24. The lowest BCUT2D eigenvalue weighted by Crippen LogP contribution is -2.05. The van der Waals surface area contributed by atoms with Crippen molar-refractivity contribution in [1.82, 2.24) is 15.0 Å². The molecule has 0 spiro atoms. The van der Waals surface area contributed by atoms with E-state index in [1.807, 2.05) is 36.4 Å². The van der Waals surface area contributed by atoms with Crippen LogP contribution >= 0.6 is 11.6 Å². The Balaban J connectivity index is 2.03. The Morgan fingerprint density at radius 1 is 1.20 bits per heavy atom. The molecule has 3 aromatic rings. The van der Waals surface area contributed by atoms with Crippen LogP contribution in [0.5, 0.6) is 0 Å². The standard InChI is InChI=1S/C14H13ClN4O/c15-11-5-2-1-4-10(11)9-19-14(12(8-16)17-18-19)13-6-3-7-20-13/h1-7H,8-9,16H2. The van der Waals surface area contributed by atoms with Crippen molar-refractivity contribution < 1.29 is 4.42 Å². The van der Waals surface area contributed by atoms with E-state index in [4.69, 9.17) is 21.8 Å². The molecule has 6 heteroatoms. The van der Waals surface area contributed by atoms with Gasteiger partial charge in [-0.3, -0.25) is 0 Å². The zero-order valence-electron chi connectivity index (χ0n) is 10.7. The number of hydrogen-bond donors (Lipinski definition) is 1. The van der Waals surface area contributed by atoms with Crippen LogP contribution in [0, 0.1) is 0 Å². The largest absolute Gasteiger partial charge is 0.463 e. The van der Waals surface area contributed by atoms with Gasteiger partial charge in [-0.05, 0) is 23.8 Å². The highest BCUT2D eigenvalue weighted by Gasteiger charge is 2.16. The summed E-state index contributed by atoms with van der Waals surface area (Å²) in [5, 5.41) is 8.95. The maximum atomic E-state index is 6.18. The molecule has 0 unspecified atom stereocenters. The second-order valence-electron chi connectivity index (χ2n) is 4.32. The number of halogens is 1. The fourth-order valence-corrected chi connectivity index (χ4v) is 2.26. The molecular formula is C14H13ClN4O. The number of furan rings is 1. The highest BCUT2D eigenvalue weighted by molar-refractivity contribution is 6.31. The molecule has 102 valence electrons. The lowest BCUT2D eigenvalue weighted by Gasteiger charge is -2.07. The number of nitrogens with two attached hydrogens (primary N) is 1. The third-order valence-corrected chi connectivity index (χ3v) is 3.40. The highest BCUT2D eigenvalue weighted by atomic mass is 35.5. The Kier molecular flexibility index (Phi) is 3.54. The van der Waals surface area contributed by atoms with E-state index in [2.05, 4.69) is 10.3 Å². The Morgan fingerprint density at radius 3 is 2.75 bits per heavy atom. The van der Waals surface area contributed by atoms with Gasteiger partial charge in [0.25, 0.3) is 0 Å². The first-order chi connectivity index (χ1) is 9.79. The van der Waals surface area contributed by atoms with Crippen LogP contribution in [0.1, 0.15) is 11.3 Å². The van der Waals surface area contributed by atoms with Crippen LogP contribution in [0.4, 0.5) is 0 Å². The minimum absolute atomic E-state index is 0.304. The monoisotopic (exact) mass is 288 g/mol.